The summed E-state index contributed by atoms with van der Waals surface area (Å²) in [5, 5.41) is 13.0. The van der Waals surface area contributed by atoms with Crippen molar-refractivity contribution in [3.8, 4) is 11.9 Å². The standard InChI is InChI=1S/C17H17N5O3/c18-9-14-16(20-6-5-19-14)24-12-2-1-7-22(10-12)17(23)13-8-15(25-21-13)11-3-4-11/h5-6,8,11-12H,1-4,7,10H2/t12-/m0/s1. The Morgan fingerprint density at radius 2 is 2.16 bits per heavy atom. The molecule has 8 nitrogen and oxygen atoms in total. The molecule has 1 aliphatic carbocycles. The number of nitrogens with zero attached hydrogens (tertiary/aromatic N) is 5. The number of hydrogen-bond acceptors (Lipinski definition) is 7. The third kappa shape index (κ3) is 3.31. The Bertz CT molecular complexity index is 824. The molecule has 3 heterocycles. The molecule has 25 heavy (non-hydrogen) atoms. The Morgan fingerprint density at radius 1 is 1.32 bits per heavy atom. The lowest BCUT2D eigenvalue weighted by Gasteiger charge is -2.32. The van der Waals surface area contributed by atoms with Gasteiger partial charge >= 0.3 is 0 Å². The number of hydrogen-bond donors (Lipinski definition) is 0. The van der Waals surface area contributed by atoms with Crippen molar-refractivity contribution in [2.75, 3.05) is 13.1 Å². The molecule has 1 atom stereocenters. The largest absolute Gasteiger partial charge is 0.470 e. The first-order valence-corrected chi connectivity index (χ1v) is 8.38. The van der Waals surface area contributed by atoms with E-state index in [1.807, 2.05) is 6.07 Å². The molecule has 1 amide bonds. The fourth-order valence-electron chi connectivity index (χ4n) is 2.98. The normalized spacial score (nSPS) is 20.1. The fourth-order valence-corrected chi connectivity index (χ4v) is 2.98. The number of nitriles is 1. The summed E-state index contributed by atoms with van der Waals surface area (Å²) in [6.07, 6.45) is 6.50. The molecule has 2 fully saturated rings. The average Bonchev–Trinajstić information content (AvgIpc) is 3.39. The average molecular weight is 339 g/mol. The van der Waals surface area contributed by atoms with Crippen LogP contribution >= 0.6 is 0 Å². The molecule has 128 valence electrons. The number of aromatic nitrogens is 3. The molecule has 4 rings (SSSR count). The van der Waals surface area contributed by atoms with E-state index < -0.39 is 0 Å². The van der Waals surface area contributed by atoms with E-state index in [1.54, 1.807) is 11.0 Å². The van der Waals surface area contributed by atoms with E-state index >= 15 is 0 Å². The van der Waals surface area contributed by atoms with Crippen LogP contribution in [0.25, 0.3) is 0 Å². The Balaban J connectivity index is 1.43. The molecule has 0 spiro atoms. The first kappa shape index (κ1) is 15.6. The van der Waals surface area contributed by atoms with Gasteiger partial charge in [0, 0.05) is 30.9 Å². The number of piperidine rings is 1. The van der Waals surface area contributed by atoms with Crippen LogP contribution < -0.4 is 4.74 Å². The minimum atomic E-state index is -0.226. The van der Waals surface area contributed by atoms with E-state index in [2.05, 4.69) is 15.1 Å². The van der Waals surface area contributed by atoms with Crippen molar-refractivity contribution in [1.29, 1.82) is 5.26 Å². The van der Waals surface area contributed by atoms with Gasteiger partial charge in [-0.05, 0) is 25.7 Å². The molecule has 1 aliphatic heterocycles. The zero-order valence-electron chi connectivity index (χ0n) is 13.6. The van der Waals surface area contributed by atoms with Crippen LogP contribution in [-0.4, -0.2) is 45.1 Å². The minimum Gasteiger partial charge on any atom is -0.470 e. The van der Waals surface area contributed by atoms with Gasteiger partial charge in [0.1, 0.15) is 17.9 Å². The maximum Gasteiger partial charge on any atom is 0.276 e. The zero-order valence-corrected chi connectivity index (χ0v) is 13.6. The summed E-state index contributed by atoms with van der Waals surface area (Å²) >= 11 is 0. The molecule has 2 aromatic rings. The van der Waals surface area contributed by atoms with E-state index in [0.29, 0.717) is 24.7 Å². The molecule has 0 N–H and O–H groups in total. The summed E-state index contributed by atoms with van der Waals surface area (Å²) in [5.41, 5.74) is 0.497. The number of carbonyl (C=O) groups is 1. The van der Waals surface area contributed by atoms with Crippen LogP contribution in [0.4, 0.5) is 0 Å². The van der Waals surface area contributed by atoms with Crippen LogP contribution in [0.5, 0.6) is 5.88 Å². The number of amides is 1. The van der Waals surface area contributed by atoms with Crippen molar-refractivity contribution in [1.82, 2.24) is 20.0 Å². The Labute approximate surface area is 144 Å². The van der Waals surface area contributed by atoms with Crippen LogP contribution in [0, 0.1) is 11.3 Å². The van der Waals surface area contributed by atoms with Gasteiger partial charge in [0.15, 0.2) is 5.69 Å². The van der Waals surface area contributed by atoms with Gasteiger partial charge in [-0.3, -0.25) is 4.79 Å². The van der Waals surface area contributed by atoms with Crippen molar-refractivity contribution in [2.45, 2.75) is 37.7 Å². The van der Waals surface area contributed by atoms with Gasteiger partial charge in [-0.25, -0.2) is 9.97 Å². The highest BCUT2D eigenvalue weighted by Crippen LogP contribution is 2.40. The molecule has 2 aromatic heterocycles. The molecule has 1 saturated carbocycles. The topological polar surface area (TPSA) is 105 Å². The van der Waals surface area contributed by atoms with E-state index in [4.69, 9.17) is 14.5 Å². The minimum absolute atomic E-state index is 0.149. The maximum atomic E-state index is 12.6. The summed E-state index contributed by atoms with van der Waals surface area (Å²) < 4.78 is 11.1. The third-order valence-electron chi connectivity index (χ3n) is 4.44. The smallest absolute Gasteiger partial charge is 0.276 e. The van der Waals surface area contributed by atoms with Crippen molar-refractivity contribution in [2.24, 2.45) is 0 Å². The SMILES string of the molecule is N#Cc1nccnc1O[C@H]1CCCN(C(=O)c2cc(C3CC3)on2)C1. The molecule has 2 aliphatic rings. The monoisotopic (exact) mass is 339 g/mol. The zero-order chi connectivity index (χ0) is 17.2. The predicted octanol–water partition coefficient (Wildman–Crippen LogP) is 1.90. The summed E-state index contributed by atoms with van der Waals surface area (Å²) in [7, 11) is 0. The fraction of sp³-hybridized carbons (Fsp3) is 0.471. The second kappa shape index (κ2) is 6.51. The van der Waals surface area contributed by atoms with E-state index in [1.165, 1.54) is 12.4 Å². The highest BCUT2D eigenvalue weighted by atomic mass is 16.5. The van der Waals surface area contributed by atoms with E-state index in [9.17, 15) is 4.79 Å². The van der Waals surface area contributed by atoms with Gasteiger partial charge in [0.25, 0.3) is 11.8 Å². The third-order valence-corrected chi connectivity index (χ3v) is 4.44. The number of likely N-dealkylation sites (tertiary alicyclic amines) is 1. The second-order valence-corrected chi connectivity index (χ2v) is 6.34. The van der Waals surface area contributed by atoms with Crippen LogP contribution in [0.2, 0.25) is 0 Å². The molecule has 0 unspecified atom stereocenters. The van der Waals surface area contributed by atoms with Crippen molar-refractivity contribution in [3.63, 3.8) is 0 Å². The van der Waals surface area contributed by atoms with Crippen LogP contribution in [-0.2, 0) is 0 Å². The second-order valence-electron chi connectivity index (χ2n) is 6.34. The van der Waals surface area contributed by atoms with Gasteiger partial charge in [-0.15, -0.1) is 0 Å². The molecule has 0 bridgehead atoms. The van der Waals surface area contributed by atoms with Crippen molar-refractivity contribution >= 4 is 5.91 Å². The van der Waals surface area contributed by atoms with Crippen LogP contribution in [0.3, 0.4) is 0 Å². The van der Waals surface area contributed by atoms with E-state index in [0.717, 1.165) is 31.4 Å². The van der Waals surface area contributed by atoms with Crippen LogP contribution in [0.1, 0.15) is 53.5 Å². The molecule has 0 radical (unpaired) electrons. The van der Waals surface area contributed by atoms with Gasteiger partial charge < -0.3 is 14.2 Å². The summed E-state index contributed by atoms with van der Waals surface area (Å²) in [6, 6.07) is 3.71. The molecule has 8 heteroatoms. The number of carbonyl (C=O) groups excluding carboxylic acids is 1. The lowest BCUT2D eigenvalue weighted by Crippen LogP contribution is -2.44. The van der Waals surface area contributed by atoms with Gasteiger partial charge in [0.05, 0.1) is 6.54 Å². The molecule has 1 saturated heterocycles. The summed E-state index contributed by atoms with van der Waals surface area (Å²) in [4.78, 5) is 22.4. The number of rotatable bonds is 4. The lowest BCUT2D eigenvalue weighted by molar-refractivity contribution is 0.0517. The Kier molecular flexibility index (Phi) is 4.06. The first-order valence-electron chi connectivity index (χ1n) is 8.38. The Hall–Kier alpha value is -2.95. The molecular weight excluding hydrogens is 322 g/mol. The van der Waals surface area contributed by atoms with Gasteiger partial charge in [-0.2, -0.15) is 5.26 Å². The quantitative estimate of drug-likeness (QED) is 0.837. The van der Waals surface area contributed by atoms with Gasteiger partial charge in [-0.1, -0.05) is 5.16 Å². The summed E-state index contributed by atoms with van der Waals surface area (Å²) in [5.74, 6) is 1.28. The summed E-state index contributed by atoms with van der Waals surface area (Å²) in [6.45, 7) is 1.07. The Morgan fingerprint density at radius 3 is 2.96 bits per heavy atom. The van der Waals surface area contributed by atoms with Crippen LogP contribution in [0.15, 0.2) is 23.0 Å². The number of ether oxygens (including phenoxy) is 1. The maximum absolute atomic E-state index is 12.6. The van der Waals surface area contributed by atoms with Gasteiger partial charge in [0.2, 0.25) is 5.69 Å². The lowest BCUT2D eigenvalue weighted by atomic mass is 10.1. The molecular formula is C17H17N5O3. The first-order chi connectivity index (χ1) is 12.2. The molecule has 0 aromatic carbocycles. The predicted molar refractivity (Wildman–Crippen MR) is 84.8 cm³/mol. The van der Waals surface area contributed by atoms with Crippen molar-refractivity contribution in [3.05, 3.63) is 35.6 Å². The van der Waals surface area contributed by atoms with Crippen molar-refractivity contribution < 1.29 is 14.1 Å². The highest BCUT2D eigenvalue weighted by Gasteiger charge is 2.32. The van der Waals surface area contributed by atoms with E-state index in [-0.39, 0.29) is 23.6 Å². The highest BCUT2D eigenvalue weighted by molar-refractivity contribution is 5.92.